The summed E-state index contributed by atoms with van der Waals surface area (Å²) < 4.78 is 24.3. The Morgan fingerprint density at radius 2 is 1.51 bits per heavy atom. The van der Waals surface area contributed by atoms with E-state index >= 15 is 0 Å². The summed E-state index contributed by atoms with van der Waals surface area (Å²) in [5, 5.41) is 9.52. The number of hydrogen-bond acceptors (Lipinski definition) is 7. The first kappa shape index (κ1) is 29.7. The number of nitrogens with zero attached hydrogens (tertiary/aromatic N) is 2. The summed E-state index contributed by atoms with van der Waals surface area (Å²) in [6.07, 6.45) is 3.14. The first-order chi connectivity index (χ1) is 19.1. The molecule has 0 saturated heterocycles. The van der Waals surface area contributed by atoms with Gasteiger partial charge in [0.05, 0.1) is 23.5 Å². The largest absolute Gasteiger partial charge is 0.444 e. The topological polar surface area (TPSA) is 132 Å². The molecule has 0 aliphatic heterocycles. The van der Waals surface area contributed by atoms with Crippen molar-refractivity contribution < 1.29 is 28.2 Å². The predicted octanol–water partition coefficient (Wildman–Crippen LogP) is 6.85. The Morgan fingerprint density at radius 3 is 2.07 bits per heavy atom. The van der Waals surface area contributed by atoms with E-state index in [-0.39, 0.29) is 12.2 Å². The highest BCUT2D eigenvalue weighted by Crippen LogP contribution is 2.37. The van der Waals surface area contributed by atoms with Crippen LogP contribution in [-0.2, 0) is 20.7 Å². The first-order valence-electron chi connectivity index (χ1n) is 13.5. The van der Waals surface area contributed by atoms with E-state index in [2.05, 4.69) is 25.9 Å². The quantitative estimate of drug-likeness (QED) is 0.298. The molecular formula is C30H36FN5O5. The molecule has 41 heavy (non-hydrogen) atoms. The highest BCUT2D eigenvalue weighted by atomic mass is 19.1. The van der Waals surface area contributed by atoms with Gasteiger partial charge in [-0.3, -0.25) is 20.4 Å². The Morgan fingerprint density at radius 1 is 0.902 bits per heavy atom. The zero-order chi connectivity index (χ0) is 30.1. The number of carbonyl (C=O) groups is 3. The molecule has 4 rings (SSSR count). The van der Waals surface area contributed by atoms with Crippen LogP contribution in [0.2, 0.25) is 0 Å². The standard InChI is InChI=1S/C30H36FN5O5/c1-8-18-20(13-32-15-24(18)35-28(39)41-30(5,6)7)16-9-17-11-25(36-26(37)19-12-22(19)31)33-14-21(17)23(10-16)34-27(38)40-29(2,3)4/h9-11,13-15,19,22H,8,12H2,1-7H3,(H,34,38)(H,35,39)(H,33,36,37)/t19-,22+/m1/s1. The van der Waals surface area contributed by atoms with Gasteiger partial charge in [0.15, 0.2) is 0 Å². The molecule has 2 atom stereocenters. The van der Waals surface area contributed by atoms with Crippen LogP contribution in [0.5, 0.6) is 0 Å². The normalized spacial score (nSPS) is 16.6. The smallest absolute Gasteiger partial charge is 0.412 e. The molecule has 0 spiro atoms. The third-order valence-electron chi connectivity index (χ3n) is 6.13. The number of alkyl halides is 1. The average Bonchev–Trinajstić information content (AvgIpc) is 3.58. The number of hydrogen-bond donors (Lipinski definition) is 3. The van der Waals surface area contributed by atoms with Gasteiger partial charge in [-0.2, -0.15) is 0 Å². The minimum atomic E-state index is -1.13. The summed E-state index contributed by atoms with van der Waals surface area (Å²) >= 11 is 0. The zero-order valence-electron chi connectivity index (χ0n) is 24.3. The molecule has 1 aliphatic rings. The van der Waals surface area contributed by atoms with E-state index in [9.17, 15) is 18.8 Å². The summed E-state index contributed by atoms with van der Waals surface area (Å²) in [6, 6.07) is 5.31. The summed E-state index contributed by atoms with van der Waals surface area (Å²) in [5.74, 6) is -0.830. The lowest BCUT2D eigenvalue weighted by Gasteiger charge is -2.22. The van der Waals surface area contributed by atoms with Crippen molar-refractivity contribution in [3.63, 3.8) is 0 Å². The SMILES string of the molecule is CCc1c(NC(=O)OC(C)(C)C)cncc1-c1cc(NC(=O)OC(C)(C)C)c2cnc(NC(=O)[C@@H]3C[C@@H]3F)cc2c1. The second-order valence-electron chi connectivity index (χ2n) is 12.0. The zero-order valence-corrected chi connectivity index (χ0v) is 24.3. The fourth-order valence-electron chi connectivity index (χ4n) is 4.29. The molecule has 11 heteroatoms. The van der Waals surface area contributed by atoms with Gasteiger partial charge in [-0.1, -0.05) is 6.92 Å². The summed E-state index contributed by atoms with van der Waals surface area (Å²) in [7, 11) is 0. The number of halogens is 1. The van der Waals surface area contributed by atoms with Crippen molar-refractivity contribution in [1.82, 2.24) is 9.97 Å². The molecule has 2 heterocycles. The van der Waals surface area contributed by atoms with E-state index in [1.54, 1.807) is 66.1 Å². The van der Waals surface area contributed by atoms with Crippen LogP contribution >= 0.6 is 0 Å². The number of ether oxygens (including phenoxy) is 2. The summed E-state index contributed by atoms with van der Waals surface area (Å²) in [6.45, 7) is 12.6. The molecular weight excluding hydrogens is 529 g/mol. The van der Waals surface area contributed by atoms with Crippen molar-refractivity contribution >= 4 is 46.1 Å². The molecule has 1 aliphatic carbocycles. The Hall–Kier alpha value is -4.28. The van der Waals surface area contributed by atoms with Gasteiger partial charge in [0.1, 0.15) is 23.2 Å². The van der Waals surface area contributed by atoms with Crippen molar-refractivity contribution in [3.8, 4) is 11.1 Å². The molecule has 10 nitrogen and oxygen atoms in total. The highest BCUT2D eigenvalue weighted by Gasteiger charge is 2.43. The molecule has 0 radical (unpaired) electrons. The molecule has 1 fully saturated rings. The van der Waals surface area contributed by atoms with Crippen LogP contribution in [0.15, 0.2) is 36.8 Å². The first-order valence-corrected chi connectivity index (χ1v) is 13.5. The molecule has 1 aromatic carbocycles. The van der Waals surface area contributed by atoms with E-state index in [4.69, 9.17) is 9.47 Å². The van der Waals surface area contributed by atoms with Crippen LogP contribution in [0.25, 0.3) is 21.9 Å². The lowest BCUT2D eigenvalue weighted by atomic mass is 9.96. The second kappa shape index (κ2) is 11.3. The average molecular weight is 566 g/mol. The lowest BCUT2D eigenvalue weighted by Crippen LogP contribution is -2.27. The number of carbonyl (C=O) groups excluding carboxylic acids is 3. The predicted molar refractivity (Wildman–Crippen MR) is 156 cm³/mol. The molecule has 3 aromatic rings. The number of amides is 3. The van der Waals surface area contributed by atoms with E-state index in [1.165, 1.54) is 6.20 Å². The number of fused-ring (bicyclic) bond motifs is 1. The van der Waals surface area contributed by atoms with Gasteiger partial charge >= 0.3 is 12.2 Å². The molecule has 2 aromatic heterocycles. The fraction of sp³-hybridized carbons (Fsp3) is 0.433. The van der Waals surface area contributed by atoms with Gasteiger partial charge in [0.2, 0.25) is 5.91 Å². The monoisotopic (exact) mass is 565 g/mol. The van der Waals surface area contributed by atoms with Crippen molar-refractivity contribution in [1.29, 1.82) is 0 Å². The second-order valence-corrected chi connectivity index (χ2v) is 12.0. The van der Waals surface area contributed by atoms with Gasteiger partial charge in [-0.25, -0.2) is 19.0 Å². The van der Waals surface area contributed by atoms with Gasteiger partial charge in [-0.05, 0) is 89.1 Å². The van der Waals surface area contributed by atoms with Crippen molar-refractivity contribution in [3.05, 3.63) is 42.4 Å². The minimum Gasteiger partial charge on any atom is -0.444 e. The number of anilines is 3. The Labute approximate surface area is 238 Å². The third kappa shape index (κ3) is 7.68. The summed E-state index contributed by atoms with van der Waals surface area (Å²) in [5.41, 5.74) is 1.74. The molecule has 218 valence electrons. The van der Waals surface area contributed by atoms with Crippen LogP contribution in [0.3, 0.4) is 0 Å². The Kier molecular flexibility index (Phi) is 8.19. The third-order valence-corrected chi connectivity index (χ3v) is 6.13. The Bertz CT molecular complexity index is 1500. The minimum absolute atomic E-state index is 0.202. The van der Waals surface area contributed by atoms with Crippen molar-refractivity contribution in [2.45, 2.75) is 78.7 Å². The maximum Gasteiger partial charge on any atom is 0.412 e. The van der Waals surface area contributed by atoms with Gasteiger partial charge in [-0.15, -0.1) is 0 Å². The molecule has 0 unspecified atom stereocenters. The molecule has 1 saturated carbocycles. The van der Waals surface area contributed by atoms with Gasteiger partial charge < -0.3 is 14.8 Å². The number of rotatable bonds is 6. The van der Waals surface area contributed by atoms with Gasteiger partial charge in [0, 0.05) is 23.3 Å². The summed E-state index contributed by atoms with van der Waals surface area (Å²) in [4.78, 5) is 46.2. The van der Waals surface area contributed by atoms with Crippen LogP contribution in [0.1, 0.15) is 60.5 Å². The molecule has 0 bridgehead atoms. The highest BCUT2D eigenvalue weighted by molar-refractivity contribution is 6.04. The van der Waals surface area contributed by atoms with Crippen LogP contribution in [-0.4, -0.2) is 45.4 Å². The van der Waals surface area contributed by atoms with E-state index in [0.717, 1.165) is 11.1 Å². The molecule has 3 amide bonds. The van der Waals surface area contributed by atoms with Crippen LogP contribution in [0.4, 0.5) is 31.2 Å². The lowest BCUT2D eigenvalue weighted by molar-refractivity contribution is -0.117. The van der Waals surface area contributed by atoms with Gasteiger partial charge in [0.25, 0.3) is 0 Å². The van der Waals surface area contributed by atoms with E-state index < -0.39 is 41.4 Å². The Balaban J connectivity index is 1.77. The van der Waals surface area contributed by atoms with Crippen molar-refractivity contribution in [2.75, 3.05) is 16.0 Å². The van der Waals surface area contributed by atoms with Crippen molar-refractivity contribution in [2.24, 2.45) is 5.92 Å². The number of pyridine rings is 2. The number of nitrogens with one attached hydrogen (secondary N) is 3. The number of aromatic nitrogens is 2. The maximum atomic E-state index is 13.4. The van der Waals surface area contributed by atoms with Crippen LogP contribution < -0.4 is 16.0 Å². The van der Waals surface area contributed by atoms with E-state index in [1.807, 2.05) is 13.0 Å². The number of benzene rings is 1. The fourth-order valence-corrected chi connectivity index (χ4v) is 4.29. The van der Waals surface area contributed by atoms with E-state index in [0.29, 0.717) is 34.1 Å². The maximum absolute atomic E-state index is 13.4. The van der Waals surface area contributed by atoms with Crippen LogP contribution in [0, 0.1) is 5.92 Å². The molecule has 3 N–H and O–H groups in total.